The smallest absolute Gasteiger partial charge is 0.150 e. The van der Waals surface area contributed by atoms with Crippen LogP contribution in [-0.2, 0) is 0 Å². The van der Waals surface area contributed by atoms with Gasteiger partial charge in [-0.15, -0.1) is 0 Å². The number of nitrogens with zero attached hydrogens (tertiary/aromatic N) is 2. The van der Waals surface area contributed by atoms with E-state index in [0.717, 1.165) is 11.4 Å². The van der Waals surface area contributed by atoms with Crippen molar-refractivity contribution < 1.29 is 0 Å². The number of H-pyrrole nitrogens is 1. The highest BCUT2D eigenvalue weighted by Gasteiger charge is 1.93. The third-order valence-electron chi connectivity index (χ3n) is 1.11. The molecule has 0 spiro atoms. The average Bonchev–Trinajstić information content (AvgIpc) is 2.51. The Morgan fingerprint density at radius 3 is 2.67 bits per heavy atom. The molecule has 0 aromatic carbocycles. The van der Waals surface area contributed by atoms with E-state index in [1.165, 1.54) is 0 Å². The van der Waals surface area contributed by atoms with Crippen molar-refractivity contribution in [2.75, 3.05) is 0 Å². The molecular formula is C9H15N3. The van der Waals surface area contributed by atoms with E-state index in [9.17, 15) is 0 Å². The minimum atomic E-state index is 0.792. The molecule has 1 heterocycles. The molecule has 0 aliphatic heterocycles. The van der Waals surface area contributed by atoms with Gasteiger partial charge in [-0.1, -0.05) is 26.5 Å². The lowest BCUT2D eigenvalue weighted by molar-refractivity contribution is 1.08. The van der Waals surface area contributed by atoms with Gasteiger partial charge in [0.25, 0.3) is 0 Å². The van der Waals surface area contributed by atoms with E-state index in [0.29, 0.717) is 0 Å². The Morgan fingerprint density at radius 1 is 1.58 bits per heavy atom. The van der Waals surface area contributed by atoms with Crippen LogP contribution >= 0.6 is 0 Å². The molecule has 66 valence electrons. The van der Waals surface area contributed by atoms with E-state index in [1.54, 1.807) is 18.5 Å². The molecular weight excluding hydrogens is 150 g/mol. The van der Waals surface area contributed by atoms with Crippen LogP contribution in [0.4, 0.5) is 5.82 Å². The van der Waals surface area contributed by atoms with Gasteiger partial charge >= 0.3 is 0 Å². The molecule has 1 aromatic heterocycles. The minimum Gasteiger partial charge on any atom is -0.261 e. The number of rotatable bonds is 2. The molecule has 0 saturated carbocycles. The first-order valence-electron chi connectivity index (χ1n) is 3.99. The van der Waals surface area contributed by atoms with Crippen LogP contribution in [0.1, 0.15) is 19.4 Å². The molecule has 0 saturated heterocycles. The summed E-state index contributed by atoms with van der Waals surface area (Å²) in [6.07, 6.45) is 4.98. The van der Waals surface area contributed by atoms with Gasteiger partial charge in [-0.2, -0.15) is 5.10 Å². The first-order valence-corrected chi connectivity index (χ1v) is 3.99. The van der Waals surface area contributed by atoms with Gasteiger partial charge in [0.2, 0.25) is 0 Å². The lowest BCUT2D eigenvalue weighted by atomic mass is 10.4. The summed E-state index contributed by atoms with van der Waals surface area (Å²) in [6.45, 7) is 9.45. The van der Waals surface area contributed by atoms with Crippen molar-refractivity contribution >= 4 is 12.0 Å². The zero-order chi connectivity index (χ0) is 9.40. The Labute approximate surface area is 73.2 Å². The van der Waals surface area contributed by atoms with Crippen molar-refractivity contribution in [3.05, 3.63) is 24.4 Å². The second kappa shape index (κ2) is 6.34. The first kappa shape index (κ1) is 10.6. The second-order valence-corrected chi connectivity index (χ2v) is 1.92. The summed E-state index contributed by atoms with van der Waals surface area (Å²) in [4.78, 5) is 4.02. The molecule has 0 radical (unpaired) electrons. The zero-order valence-electron chi connectivity index (χ0n) is 7.83. The number of hydrogen-bond acceptors (Lipinski definition) is 2. The van der Waals surface area contributed by atoms with Gasteiger partial charge in [-0.25, -0.2) is 4.99 Å². The van der Waals surface area contributed by atoms with Gasteiger partial charge in [0, 0.05) is 11.8 Å². The summed E-state index contributed by atoms with van der Waals surface area (Å²) in [5.41, 5.74) is 1.04. The van der Waals surface area contributed by atoms with Gasteiger partial charge < -0.3 is 0 Å². The molecule has 1 N–H and O–H groups in total. The molecule has 0 bridgehead atoms. The lowest BCUT2D eigenvalue weighted by Crippen LogP contribution is -1.68. The summed E-state index contributed by atoms with van der Waals surface area (Å²) in [5.74, 6) is 0.792. The van der Waals surface area contributed by atoms with Gasteiger partial charge in [0.05, 0.1) is 6.20 Å². The number of aryl methyl sites for hydroxylation is 1. The van der Waals surface area contributed by atoms with Gasteiger partial charge in [0.1, 0.15) is 0 Å². The van der Waals surface area contributed by atoms with E-state index < -0.39 is 0 Å². The standard InChI is InChI=1S/C7H9N3.C2H6/c1-3-4-8-7-6(2)5-9-10-7;1-2/h3-5H,1H2,2H3,(H,9,10);1-2H3/b8-4-;. The highest BCUT2D eigenvalue weighted by molar-refractivity contribution is 5.73. The number of nitrogens with one attached hydrogen (secondary N) is 1. The molecule has 12 heavy (non-hydrogen) atoms. The highest BCUT2D eigenvalue weighted by Crippen LogP contribution is 2.10. The van der Waals surface area contributed by atoms with Crippen molar-refractivity contribution in [1.29, 1.82) is 0 Å². The molecule has 1 aromatic rings. The van der Waals surface area contributed by atoms with Gasteiger partial charge in [0.15, 0.2) is 5.82 Å². The summed E-state index contributed by atoms with van der Waals surface area (Å²) in [5, 5.41) is 6.55. The van der Waals surface area contributed by atoms with E-state index >= 15 is 0 Å². The van der Waals surface area contributed by atoms with Crippen LogP contribution in [0.2, 0.25) is 0 Å². The largest absolute Gasteiger partial charge is 0.261 e. The Kier molecular flexibility index (Phi) is 5.61. The van der Waals surface area contributed by atoms with E-state index in [2.05, 4.69) is 21.8 Å². The van der Waals surface area contributed by atoms with Crippen LogP contribution in [0.15, 0.2) is 23.8 Å². The van der Waals surface area contributed by atoms with Gasteiger partial charge in [-0.05, 0) is 6.92 Å². The van der Waals surface area contributed by atoms with Crippen molar-refractivity contribution in [2.45, 2.75) is 20.8 Å². The van der Waals surface area contributed by atoms with Crippen molar-refractivity contribution in [2.24, 2.45) is 4.99 Å². The molecule has 0 amide bonds. The Morgan fingerprint density at radius 2 is 2.25 bits per heavy atom. The fourth-order valence-corrected chi connectivity index (χ4v) is 0.597. The predicted octanol–water partition coefficient (Wildman–Crippen LogP) is 2.63. The van der Waals surface area contributed by atoms with Crippen LogP contribution < -0.4 is 0 Å². The zero-order valence-corrected chi connectivity index (χ0v) is 7.83. The van der Waals surface area contributed by atoms with Crippen molar-refractivity contribution in [3.8, 4) is 0 Å². The molecule has 0 fully saturated rings. The molecule has 0 unspecified atom stereocenters. The average molecular weight is 165 g/mol. The minimum absolute atomic E-state index is 0.792. The van der Waals surface area contributed by atoms with Crippen molar-refractivity contribution in [1.82, 2.24) is 10.2 Å². The quantitative estimate of drug-likeness (QED) is 0.672. The summed E-state index contributed by atoms with van der Waals surface area (Å²) in [7, 11) is 0. The van der Waals surface area contributed by atoms with E-state index in [-0.39, 0.29) is 0 Å². The lowest BCUT2D eigenvalue weighted by Gasteiger charge is -1.84. The van der Waals surface area contributed by atoms with Crippen LogP contribution in [0, 0.1) is 6.92 Å². The Balaban J connectivity index is 0.000000561. The van der Waals surface area contributed by atoms with E-state index in [4.69, 9.17) is 0 Å². The normalized spacial score (nSPS) is 9.25. The van der Waals surface area contributed by atoms with Crippen LogP contribution in [0.3, 0.4) is 0 Å². The molecule has 0 aliphatic carbocycles. The third-order valence-corrected chi connectivity index (χ3v) is 1.11. The maximum absolute atomic E-state index is 4.02. The number of aliphatic imine (C=N–C) groups is 1. The third kappa shape index (κ3) is 3.14. The second-order valence-electron chi connectivity index (χ2n) is 1.92. The highest BCUT2D eigenvalue weighted by atomic mass is 15.2. The topological polar surface area (TPSA) is 41.0 Å². The number of hydrogen-bond donors (Lipinski definition) is 1. The SMILES string of the molecule is C=C/C=N\c1[nH]ncc1C.CC. The van der Waals surface area contributed by atoms with E-state index in [1.807, 2.05) is 20.8 Å². The number of aromatic nitrogens is 2. The monoisotopic (exact) mass is 165 g/mol. The maximum atomic E-state index is 4.02. The molecule has 0 aliphatic rings. The maximum Gasteiger partial charge on any atom is 0.150 e. The first-order chi connectivity index (χ1) is 5.84. The van der Waals surface area contributed by atoms with Crippen molar-refractivity contribution in [3.63, 3.8) is 0 Å². The molecule has 1 rings (SSSR count). The predicted molar refractivity (Wildman–Crippen MR) is 53.0 cm³/mol. The van der Waals surface area contributed by atoms with Crippen LogP contribution in [0.5, 0.6) is 0 Å². The Hall–Kier alpha value is -1.38. The van der Waals surface area contributed by atoms with Crippen LogP contribution in [0.25, 0.3) is 0 Å². The number of aromatic amines is 1. The van der Waals surface area contributed by atoms with Crippen LogP contribution in [-0.4, -0.2) is 16.4 Å². The summed E-state index contributed by atoms with van der Waals surface area (Å²) >= 11 is 0. The molecule has 0 atom stereocenters. The molecule has 3 nitrogen and oxygen atoms in total. The number of allylic oxidation sites excluding steroid dienone is 1. The fraction of sp³-hybridized carbons (Fsp3) is 0.333. The Bertz CT molecular complexity index is 248. The van der Waals surface area contributed by atoms with Gasteiger partial charge in [-0.3, -0.25) is 5.10 Å². The fourth-order valence-electron chi connectivity index (χ4n) is 0.597. The summed E-state index contributed by atoms with van der Waals surface area (Å²) in [6, 6.07) is 0. The molecule has 3 heteroatoms. The summed E-state index contributed by atoms with van der Waals surface area (Å²) < 4.78 is 0.